The Balaban J connectivity index is 1.75. The second-order valence-electron chi connectivity index (χ2n) is 6.77. The number of nitrogens with one attached hydrogen (secondary N) is 1. The highest BCUT2D eigenvalue weighted by atomic mass is 32.2. The van der Waals surface area contributed by atoms with Crippen molar-refractivity contribution >= 4 is 21.6 Å². The molecule has 0 unspecified atom stereocenters. The molecule has 1 aromatic carbocycles. The Kier molecular flexibility index (Phi) is 9.01. The van der Waals surface area contributed by atoms with Crippen molar-refractivity contribution in [2.45, 2.75) is 19.3 Å². The molecule has 1 saturated heterocycles. The van der Waals surface area contributed by atoms with Crippen molar-refractivity contribution in [3.05, 3.63) is 24.3 Å². The Hall–Kier alpha value is -1.84. The normalized spacial score (nSPS) is 15.2. The van der Waals surface area contributed by atoms with E-state index >= 15 is 0 Å². The molecule has 0 spiro atoms. The van der Waals surface area contributed by atoms with Crippen molar-refractivity contribution in [3.8, 4) is 5.75 Å². The zero-order valence-corrected chi connectivity index (χ0v) is 17.5. The number of sulfonamides is 1. The molecule has 1 aliphatic heterocycles. The maximum atomic E-state index is 12.2. The predicted octanol–water partition coefficient (Wildman–Crippen LogP) is 1.08. The summed E-state index contributed by atoms with van der Waals surface area (Å²) in [7, 11) is -1.97. The number of para-hydroxylation sites is 2. The molecule has 1 aliphatic rings. The average molecular weight is 414 g/mol. The minimum Gasteiger partial charge on any atom is -0.495 e. The molecule has 1 N–H and O–H groups in total. The van der Waals surface area contributed by atoms with Crippen LogP contribution >= 0.6 is 0 Å². The summed E-state index contributed by atoms with van der Waals surface area (Å²) >= 11 is 0. The number of amides is 1. The van der Waals surface area contributed by atoms with Gasteiger partial charge in [0.1, 0.15) is 5.75 Å². The van der Waals surface area contributed by atoms with Crippen LogP contribution in [-0.4, -0.2) is 78.5 Å². The number of nitrogens with zero attached hydrogens (tertiary/aromatic N) is 2. The Morgan fingerprint density at radius 1 is 1.25 bits per heavy atom. The third kappa shape index (κ3) is 7.29. The van der Waals surface area contributed by atoms with Gasteiger partial charge in [-0.05, 0) is 31.5 Å². The van der Waals surface area contributed by atoms with Gasteiger partial charge in [-0.1, -0.05) is 12.1 Å². The zero-order valence-electron chi connectivity index (χ0n) is 16.7. The third-order valence-electron chi connectivity index (χ3n) is 4.60. The number of carbonyl (C=O) groups is 1. The molecule has 0 aliphatic carbocycles. The minimum atomic E-state index is -3.48. The van der Waals surface area contributed by atoms with Crippen molar-refractivity contribution in [1.29, 1.82) is 0 Å². The fourth-order valence-corrected chi connectivity index (χ4v) is 4.10. The average Bonchev–Trinajstić information content (AvgIpc) is 2.68. The van der Waals surface area contributed by atoms with Gasteiger partial charge in [-0.2, -0.15) is 0 Å². The van der Waals surface area contributed by atoms with E-state index in [0.29, 0.717) is 24.4 Å². The Labute approximate surface area is 167 Å². The number of ether oxygens (including phenoxy) is 2. The first kappa shape index (κ1) is 22.4. The van der Waals surface area contributed by atoms with Crippen LogP contribution in [0.15, 0.2) is 24.3 Å². The third-order valence-corrected chi connectivity index (χ3v) is 5.78. The summed E-state index contributed by atoms with van der Waals surface area (Å²) in [4.78, 5) is 14.4. The predicted molar refractivity (Wildman–Crippen MR) is 109 cm³/mol. The molecule has 0 aromatic heterocycles. The van der Waals surface area contributed by atoms with Crippen LogP contribution in [-0.2, 0) is 19.6 Å². The first-order valence-electron chi connectivity index (χ1n) is 9.59. The van der Waals surface area contributed by atoms with E-state index < -0.39 is 10.0 Å². The maximum Gasteiger partial charge on any atom is 0.232 e. The molecule has 0 atom stereocenters. The molecule has 158 valence electrons. The first-order chi connectivity index (χ1) is 13.4. The fraction of sp³-hybridized carbons (Fsp3) is 0.632. The van der Waals surface area contributed by atoms with Crippen molar-refractivity contribution in [2.24, 2.45) is 0 Å². The summed E-state index contributed by atoms with van der Waals surface area (Å²) in [5.41, 5.74) is 0.485. The highest BCUT2D eigenvalue weighted by Crippen LogP contribution is 2.29. The summed E-state index contributed by atoms with van der Waals surface area (Å²) in [5, 5.41) is 2.91. The smallest absolute Gasteiger partial charge is 0.232 e. The molecule has 1 heterocycles. The van der Waals surface area contributed by atoms with Crippen LogP contribution in [0.1, 0.15) is 19.3 Å². The van der Waals surface area contributed by atoms with Gasteiger partial charge in [0, 0.05) is 32.6 Å². The molecular weight excluding hydrogens is 382 g/mol. The van der Waals surface area contributed by atoms with E-state index in [1.54, 1.807) is 24.3 Å². The van der Waals surface area contributed by atoms with Gasteiger partial charge in [0.2, 0.25) is 15.9 Å². The number of hydrogen-bond acceptors (Lipinski definition) is 6. The van der Waals surface area contributed by atoms with Gasteiger partial charge in [0.05, 0.1) is 32.3 Å². The van der Waals surface area contributed by atoms with Crippen LogP contribution < -0.4 is 14.4 Å². The molecule has 0 radical (unpaired) electrons. The van der Waals surface area contributed by atoms with Crippen LogP contribution in [0.4, 0.5) is 5.69 Å². The zero-order chi connectivity index (χ0) is 20.4. The number of methoxy groups -OCH3 is 1. The van der Waals surface area contributed by atoms with E-state index in [2.05, 4.69) is 10.2 Å². The molecule has 2 rings (SSSR count). The van der Waals surface area contributed by atoms with Crippen molar-refractivity contribution in [3.63, 3.8) is 0 Å². The van der Waals surface area contributed by atoms with Crippen LogP contribution in [0.3, 0.4) is 0 Å². The van der Waals surface area contributed by atoms with E-state index in [1.807, 2.05) is 0 Å². The molecular formula is C19H31N3O5S. The summed E-state index contributed by atoms with van der Waals surface area (Å²) in [6.07, 6.45) is 2.76. The molecule has 8 nitrogen and oxygen atoms in total. The molecule has 9 heteroatoms. The number of morpholine rings is 1. The Morgan fingerprint density at radius 3 is 2.64 bits per heavy atom. The summed E-state index contributed by atoms with van der Waals surface area (Å²) in [6, 6.07) is 6.96. The van der Waals surface area contributed by atoms with Gasteiger partial charge in [0.25, 0.3) is 0 Å². The Bertz CT molecular complexity index is 720. The van der Waals surface area contributed by atoms with Crippen LogP contribution in [0.2, 0.25) is 0 Å². The number of benzene rings is 1. The lowest BCUT2D eigenvalue weighted by Crippen LogP contribution is -2.38. The fourth-order valence-electron chi connectivity index (χ4n) is 3.13. The number of hydrogen-bond donors (Lipinski definition) is 1. The Morgan fingerprint density at radius 2 is 1.96 bits per heavy atom. The highest BCUT2D eigenvalue weighted by molar-refractivity contribution is 7.92. The van der Waals surface area contributed by atoms with Crippen LogP contribution in [0.25, 0.3) is 0 Å². The second-order valence-corrected chi connectivity index (χ2v) is 8.67. The minimum absolute atomic E-state index is 0.0598. The largest absolute Gasteiger partial charge is 0.495 e. The number of anilines is 1. The summed E-state index contributed by atoms with van der Waals surface area (Å²) in [6.45, 7) is 5.22. The quantitative estimate of drug-likeness (QED) is 0.546. The summed E-state index contributed by atoms with van der Waals surface area (Å²) in [5.74, 6) is 0.427. The molecule has 0 bridgehead atoms. The van der Waals surface area contributed by atoms with E-state index in [0.717, 1.165) is 45.5 Å². The van der Waals surface area contributed by atoms with Gasteiger partial charge in [0.15, 0.2) is 0 Å². The van der Waals surface area contributed by atoms with Gasteiger partial charge in [-0.15, -0.1) is 0 Å². The van der Waals surface area contributed by atoms with Crippen molar-refractivity contribution in [1.82, 2.24) is 10.2 Å². The van der Waals surface area contributed by atoms with E-state index in [4.69, 9.17) is 9.47 Å². The van der Waals surface area contributed by atoms with Gasteiger partial charge >= 0.3 is 0 Å². The standard InChI is InChI=1S/C19H31N3O5S/c1-26-18-8-4-3-7-17(18)22(28(2,24)25)12-5-9-19(23)20-10-6-11-21-13-15-27-16-14-21/h3-4,7-8H,5-6,9-16H2,1-2H3,(H,20,23). The lowest BCUT2D eigenvalue weighted by Gasteiger charge is -2.26. The first-order valence-corrected chi connectivity index (χ1v) is 11.4. The second kappa shape index (κ2) is 11.2. The molecule has 28 heavy (non-hydrogen) atoms. The lowest BCUT2D eigenvalue weighted by atomic mass is 10.2. The SMILES string of the molecule is COc1ccccc1N(CCCC(=O)NCCCN1CCOCC1)S(C)(=O)=O. The van der Waals surface area contributed by atoms with Crippen molar-refractivity contribution in [2.75, 3.05) is 63.6 Å². The van der Waals surface area contributed by atoms with E-state index in [9.17, 15) is 13.2 Å². The highest BCUT2D eigenvalue weighted by Gasteiger charge is 2.20. The van der Waals surface area contributed by atoms with E-state index in [1.165, 1.54) is 11.4 Å². The van der Waals surface area contributed by atoms with Crippen molar-refractivity contribution < 1.29 is 22.7 Å². The lowest BCUT2D eigenvalue weighted by molar-refractivity contribution is -0.121. The molecule has 1 fully saturated rings. The summed E-state index contributed by atoms with van der Waals surface area (Å²) < 4.78 is 36.3. The van der Waals surface area contributed by atoms with Gasteiger partial charge in [-0.3, -0.25) is 14.0 Å². The maximum absolute atomic E-state index is 12.2. The molecule has 1 aromatic rings. The van der Waals surface area contributed by atoms with Gasteiger partial charge < -0.3 is 14.8 Å². The molecule has 1 amide bonds. The van der Waals surface area contributed by atoms with Crippen LogP contribution in [0, 0.1) is 0 Å². The molecule has 0 saturated carbocycles. The van der Waals surface area contributed by atoms with Crippen LogP contribution in [0.5, 0.6) is 5.75 Å². The number of carbonyl (C=O) groups excluding carboxylic acids is 1. The van der Waals surface area contributed by atoms with E-state index in [-0.39, 0.29) is 18.9 Å². The monoisotopic (exact) mass is 413 g/mol. The topological polar surface area (TPSA) is 88.2 Å². The number of rotatable bonds is 11. The van der Waals surface area contributed by atoms with Gasteiger partial charge in [-0.25, -0.2) is 8.42 Å².